The quantitative estimate of drug-likeness (QED) is 0.639. The third-order valence-electron chi connectivity index (χ3n) is 2.92. The Morgan fingerprint density at radius 2 is 2.16 bits per heavy atom. The summed E-state index contributed by atoms with van der Waals surface area (Å²) in [6.07, 6.45) is 0. The summed E-state index contributed by atoms with van der Waals surface area (Å²) < 4.78 is 0. The van der Waals surface area contributed by atoms with Crippen LogP contribution in [0.5, 0.6) is 0 Å². The van der Waals surface area contributed by atoms with Crippen LogP contribution in [0.15, 0.2) is 18.2 Å². The first-order valence-electron chi connectivity index (χ1n) is 5.73. The highest BCUT2D eigenvalue weighted by molar-refractivity contribution is 6.35. The van der Waals surface area contributed by atoms with Crippen LogP contribution in [0.2, 0.25) is 5.02 Å². The van der Waals surface area contributed by atoms with Crippen molar-refractivity contribution in [1.82, 2.24) is 5.32 Å². The Balaban J connectivity index is 2.95. The summed E-state index contributed by atoms with van der Waals surface area (Å²) in [7, 11) is 0. The number of rotatable bonds is 5. The van der Waals surface area contributed by atoms with E-state index in [1.165, 1.54) is 18.2 Å². The van der Waals surface area contributed by atoms with E-state index in [1.54, 1.807) is 13.8 Å². The fourth-order valence-electron chi connectivity index (χ4n) is 1.42. The molecule has 0 aliphatic rings. The third-order valence-corrected chi connectivity index (χ3v) is 3.32. The summed E-state index contributed by atoms with van der Waals surface area (Å²) in [4.78, 5) is 22.1. The summed E-state index contributed by atoms with van der Waals surface area (Å²) in [5, 5.41) is 22.2. The van der Waals surface area contributed by atoms with Crippen molar-refractivity contribution in [1.29, 1.82) is 0 Å². The molecule has 19 heavy (non-hydrogen) atoms. The number of nitro groups is 1. The minimum atomic E-state index is -0.640. The lowest BCUT2D eigenvalue weighted by atomic mass is 10.0. The topological polar surface area (TPSA) is 92.5 Å². The van der Waals surface area contributed by atoms with Gasteiger partial charge in [0.2, 0.25) is 0 Å². The van der Waals surface area contributed by atoms with Crippen LogP contribution in [-0.4, -0.2) is 28.6 Å². The Morgan fingerprint density at radius 1 is 1.53 bits per heavy atom. The second-order valence-corrected chi connectivity index (χ2v) is 4.70. The monoisotopic (exact) mass is 286 g/mol. The van der Waals surface area contributed by atoms with Crippen LogP contribution in [0.1, 0.15) is 24.2 Å². The summed E-state index contributed by atoms with van der Waals surface area (Å²) in [6, 6.07) is 3.78. The smallest absolute Gasteiger partial charge is 0.288 e. The Bertz CT molecular complexity index is 493. The minimum absolute atomic E-state index is 0.0489. The maximum Gasteiger partial charge on any atom is 0.288 e. The zero-order valence-electron chi connectivity index (χ0n) is 10.6. The van der Waals surface area contributed by atoms with Gasteiger partial charge in [0.05, 0.1) is 10.5 Å². The standard InChI is InChI=1S/C12H15ClN2O4/c1-7(6-16)8(2)14-12(17)9-4-3-5-10(11(9)13)15(18)19/h3-5,7-8,16H,6H2,1-2H3,(H,14,17). The third kappa shape index (κ3) is 3.65. The zero-order valence-corrected chi connectivity index (χ0v) is 11.3. The summed E-state index contributed by atoms with van der Waals surface area (Å²) in [5.74, 6) is -0.622. The normalized spacial score (nSPS) is 13.7. The first kappa shape index (κ1) is 15.4. The number of carbonyl (C=O) groups is 1. The minimum Gasteiger partial charge on any atom is -0.396 e. The molecule has 0 saturated carbocycles. The van der Waals surface area contributed by atoms with Gasteiger partial charge in [-0.3, -0.25) is 14.9 Å². The van der Waals surface area contributed by atoms with Crippen molar-refractivity contribution < 1.29 is 14.8 Å². The van der Waals surface area contributed by atoms with E-state index in [0.29, 0.717) is 0 Å². The fourth-order valence-corrected chi connectivity index (χ4v) is 1.70. The number of amides is 1. The Hall–Kier alpha value is -1.66. The van der Waals surface area contributed by atoms with E-state index in [9.17, 15) is 14.9 Å². The maximum atomic E-state index is 12.0. The van der Waals surface area contributed by atoms with Gasteiger partial charge in [-0.05, 0) is 18.9 Å². The summed E-state index contributed by atoms with van der Waals surface area (Å²) in [5.41, 5.74) is -0.259. The average Bonchev–Trinajstić information content (AvgIpc) is 2.37. The van der Waals surface area contributed by atoms with Gasteiger partial charge in [-0.1, -0.05) is 24.6 Å². The second kappa shape index (κ2) is 6.49. The largest absolute Gasteiger partial charge is 0.396 e. The molecular weight excluding hydrogens is 272 g/mol. The van der Waals surface area contributed by atoms with E-state index >= 15 is 0 Å². The highest BCUT2D eigenvalue weighted by Crippen LogP contribution is 2.27. The number of nitrogens with zero attached hydrogens (tertiary/aromatic N) is 1. The van der Waals surface area contributed by atoms with Crippen molar-refractivity contribution in [3.63, 3.8) is 0 Å². The molecule has 7 heteroatoms. The number of carbonyl (C=O) groups excluding carboxylic acids is 1. The molecule has 0 aromatic heterocycles. The molecule has 2 unspecified atom stereocenters. The van der Waals surface area contributed by atoms with Gasteiger partial charge in [-0.25, -0.2) is 0 Å². The highest BCUT2D eigenvalue weighted by atomic mass is 35.5. The van der Waals surface area contributed by atoms with E-state index in [2.05, 4.69) is 5.32 Å². The van der Waals surface area contributed by atoms with Crippen molar-refractivity contribution in [3.8, 4) is 0 Å². The van der Waals surface area contributed by atoms with Crippen molar-refractivity contribution in [2.75, 3.05) is 6.61 Å². The van der Waals surface area contributed by atoms with Crippen LogP contribution < -0.4 is 5.32 Å². The van der Waals surface area contributed by atoms with E-state index in [-0.39, 0.29) is 34.8 Å². The number of aliphatic hydroxyl groups excluding tert-OH is 1. The Morgan fingerprint density at radius 3 is 2.68 bits per heavy atom. The Labute approximate surface area is 115 Å². The molecule has 0 aliphatic heterocycles. The highest BCUT2D eigenvalue weighted by Gasteiger charge is 2.22. The SMILES string of the molecule is CC(CO)C(C)NC(=O)c1cccc([N+](=O)[O-])c1Cl. The van der Waals surface area contributed by atoms with Crippen molar-refractivity contribution in [3.05, 3.63) is 38.9 Å². The van der Waals surface area contributed by atoms with E-state index in [0.717, 1.165) is 0 Å². The molecule has 0 bridgehead atoms. The summed E-state index contributed by atoms with van der Waals surface area (Å²) >= 11 is 5.84. The van der Waals surface area contributed by atoms with Crippen LogP contribution in [0.3, 0.4) is 0 Å². The lowest BCUT2D eigenvalue weighted by molar-refractivity contribution is -0.384. The number of halogens is 1. The fraction of sp³-hybridized carbons (Fsp3) is 0.417. The van der Waals surface area contributed by atoms with Gasteiger partial charge in [-0.2, -0.15) is 0 Å². The lowest BCUT2D eigenvalue weighted by Crippen LogP contribution is -2.38. The van der Waals surface area contributed by atoms with Crippen molar-refractivity contribution >= 4 is 23.2 Å². The van der Waals surface area contributed by atoms with Gasteiger partial charge in [0.25, 0.3) is 11.6 Å². The lowest BCUT2D eigenvalue weighted by Gasteiger charge is -2.19. The number of hydrogen-bond donors (Lipinski definition) is 2. The molecule has 0 aliphatic carbocycles. The van der Waals surface area contributed by atoms with Crippen LogP contribution in [0, 0.1) is 16.0 Å². The predicted molar refractivity (Wildman–Crippen MR) is 71.3 cm³/mol. The molecule has 0 heterocycles. The molecular formula is C12H15ClN2O4. The van der Waals surface area contributed by atoms with E-state index in [4.69, 9.17) is 16.7 Å². The first-order chi connectivity index (χ1) is 8.88. The molecule has 1 rings (SSSR count). The molecule has 0 spiro atoms. The van der Waals surface area contributed by atoms with Crippen molar-refractivity contribution in [2.24, 2.45) is 5.92 Å². The molecule has 1 aromatic carbocycles. The van der Waals surface area contributed by atoms with Gasteiger partial charge < -0.3 is 10.4 Å². The molecule has 1 aromatic rings. The van der Waals surface area contributed by atoms with Gasteiger partial charge in [0, 0.05) is 18.7 Å². The molecule has 0 fully saturated rings. The van der Waals surface area contributed by atoms with Crippen molar-refractivity contribution in [2.45, 2.75) is 19.9 Å². The van der Waals surface area contributed by atoms with E-state index in [1.807, 2.05) is 0 Å². The van der Waals surface area contributed by atoms with Crippen LogP contribution in [-0.2, 0) is 0 Å². The van der Waals surface area contributed by atoms with E-state index < -0.39 is 10.8 Å². The molecule has 0 saturated heterocycles. The maximum absolute atomic E-state index is 12.0. The van der Waals surface area contributed by atoms with Crippen LogP contribution in [0.25, 0.3) is 0 Å². The zero-order chi connectivity index (χ0) is 14.6. The van der Waals surface area contributed by atoms with Crippen LogP contribution >= 0.6 is 11.6 Å². The number of hydrogen-bond acceptors (Lipinski definition) is 4. The average molecular weight is 287 g/mol. The summed E-state index contributed by atoms with van der Waals surface area (Å²) in [6.45, 7) is 3.45. The van der Waals surface area contributed by atoms with Crippen LogP contribution in [0.4, 0.5) is 5.69 Å². The number of benzene rings is 1. The molecule has 1 amide bonds. The first-order valence-corrected chi connectivity index (χ1v) is 6.11. The molecule has 104 valence electrons. The molecule has 2 atom stereocenters. The van der Waals surface area contributed by atoms with Gasteiger partial charge >= 0.3 is 0 Å². The molecule has 6 nitrogen and oxygen atoms in total. The second-order valence-electron chi connectivity index (χ2n) is 4.32. The van der Waals surface area contributed by atoms with Gasteiger partial charge in [0.1, 0.15) is 5.02 Å². The molecule has 0 radical (unpaired) electrons. The van der Waals surface area contributed by atoms with Gasteiger partial charge in [-0.15, -0.1) is 0 Å². The van der Waals surface area contributed by atoms with Gasteiger partial charge in [0.15, 0.2) is 0 Å². The number of nitrogens with one attached hydrogen (secondary N) is 1. The molecule has 2 N–H and O–H groups in total. The number of aliphatic hydroxyl groups is 1. The Kier molecular flexibility index (Phi) is 5.26. The number of nitro benzene ring substituents is 1. The predicted octanol–water partition coefficient (Wildman–Crippen LogP) is 1.99.